The van der Waals surface area contributed by atoms with Gasteiger partial charge in [0, 0.05) is 42.9 Å². The minimum atomic E-state index is -5.24. The first-order chi connectivity index (χ1) is 17.1. The van der Waals surface area contributed by atoms with E-state index in [4.69, 9.17) is 16.3 Å². The Hall–Kier alpha value is -2.69. The summed E-state index contributed by atoms with van der Waals surface area (Å²) in [5.74, 6) is -3.45. The minimum Gasteiger partial charge on any atom is -0.383 e. The van der Waals surface area contributed by atoms with Gasteiger partial charge < -0.3 is 14.4 Å². The summed E-state index contributed by atoms with van der Waals surface area (Å²) >= 11 is 6.02. The third kappa shape index (κ3) is 6.54. The van der Waals surface area contributed by atoms with Crippen LogP contribution in [0.25, 0.3) is 0 Å². The van der Waals surface area contributed by atoms with Gasteiger partial charge in [0.2, 0.25) is 0 Å². The number of nitrogens with zero attached hydrogens (tertiary/aromatic N) is 3. The number of hydrogen-bond acceptors (Lipinski definition) is 7. The van der Waals surface area contributed by atoms with Gasteiger partial charge in [-0.3, -0.25) is 4.90 Å². The predicted molar refractivity (Wildman–Crippen MR) is 127 cm³/mol. The number of carbonyl (C=O) groups excluding carboxylic acids is 2. The Bertz CT molecular complexity index is 1070. The van der Waals surface area contributed by atoms with Crippen LogP contribution in [0.2, 0.25) is 5.02 Å². The van der Waals surface area contributed by atoms with Crippen molar-refractivity contribution in [3.63, 3.8) is 0 Å². The van der Waals surface area contributed by atoms with Crippen LogP contribution in [-0.2, 0) is 20.7 Å². The summed E-state index contributed by atoms with van der Waals surface area (Å²) in [6, 6.07) is 11.0. The number of hydrogen-bond donors (Lipinski definition) is 0. The van der Waals surface area contributed by atoms with E-state index in [1.54, 1.807) is 0 Å². The smallest absolute Gasteiger partial charge is 0.383 e. The van der Waals surface area contributed by atoms with E-state index in [1.807, 2.05) is 29.2 Å². The van der Waals surface area contributed by atoms with Gasteiger partial charge in [-0.25, -0.2) is 14.6 Å². The molecule has 0 bridgehead atoms. The fourth-order valence-electron chi connectivity index (χ4n) is 4.73. The van der Waals surface area contributed by atoms with Crippen LogP contribution in [0.5, 0.6) is 0 Å². The molecule has 2 saturated heterocycles. The summed E-state index contributed by atoms with van der Waals surface area (Å²) < 4.78 is 47.1. The molecule has 0 amide bonds. The second-order valence-electron chi connectivity index (χ2n) is 9.12. The predicted octanol–water partition coefficient (Wildman–Crippen LogP) is 4.28. The van der Waals surface area contributed by atoms with E-state index >= 15 is 0 Å². The van der Waals surface area contributed by atoms with Crippen LogP contribution in [-0.4, -0.2) is 72.4 Å². The largest absolute Gasteiger partial charge is 0.491 e. The first kappa shape index (κ1) is 26.4. The number of halogens is 4. The first-order valence-electron chi connectivity index (χ1n) is 11.8. The van der Waals surface area contributed by atoms with Crippen molar-refractivity contribution >= 4 is 29.4 Å². The monoisotopic (exact) mass is 525 g/mol. The third-order valence-electron chi connectivity index (χ3n) is 6.55. The van der Waals surface area contributed by atoms with Crippen LogP contribution in [0.15, 0.2) is 42.6 Å². The minimum absolute atomic E-state index is 0.133. The molecule has 0 saturated carbocycles. The topological polar surface area (TPSA) is 72.0 Å². The van der Waals surface area contributed by atoms with Gasteiger partial charge in [0.15, 0.2) is 0 Å². The van der Waals surface area contributed by atoms with Gasteiger partial charge in [0.1, 0.15) is 5.82 Å². The van der Waals surface area contributed by atoms with Crippen molar-refractivity contribution in [1.29, 1.82) is 0 Å². The number of ether oxygens (including phenoxy) is 2. The van der Waals surface area contributed by atoms with Crippen LogP contribution in [0, 0.1) is 0 Å². The number of anilines is 1. The Morgan fingerprint density at radius 3 is 2.53 bits per heavy atom. The number of morpholine rings is 1. The molecule has 3 heterocycles. The molecule has 2 atom stereocenters. The normalized spacial score (nSPS) is 21.9. The van der Waals surface area contributed by atoms with Gasteiger partial charge in [0.05, 0.1) is 18.3 Å². The molecule has 7 nitrogen and oxygen atoms in total. The fraction of sp³-hybridized carbons (Fsp3) is 0.480. The molecule has 4 rings (SSSR count). The molecule has 2 aliphatic rings. The molecule has 194 valence electrons. The van der Waals surface area contributed by atoms with Crippen molar-refractivity contribution in [1.82, 2.24) is 9.88 Å². The highest BCUT2D eigenvalue weighted by Gasteiger charge is 2.42. The number of alkyl halides is 3. The molecule has 0 aliphatic carbocycles. The van der Waals surface area contributed by atoms with Crippen molar-refractivity contribution in [2.75, 3.05) is 31.1 Å². The molecule has 2 fully saturated rings. The number of aromatic nitrogens is 1. The average molecular weight is 526 g/mol. The number of carbonyl (C=O) groups is 2. The first-order valence-corrected chi connectivity index (χ1v) is 12.1. The molecule has 0 N–H and O–H groups in total. The Kier molecular flexibility index (Phi) is 8.17. The summed E-state index contributed by atoms with van der Waals surface area (Å²) in [6.07, 6.45) is -1.22. The highest BCUT2D eigenvalue weighted by Crippen LogP contribution is 2.27. The van der Waals surface area contributed by atoms with Crippen molar-refractivity contribution in [3.05, 3.63) is 58.7 Å². The third-order valence-corrected chi connectivity index (χ3v) is 6.80. The lowest BCUT2D eigenvalue weighted by Crippen LogP contribution is -2.56. The van der Waals surface area contributed by atoms with E-state index in [1.165, 1.54) is 23.9 Å². The maximum Gasteiger partial charge on any atom is 0.491 e. The number of esters is 2. The van der Waals surface area contributed by atoms with Crippen LogP contribution in [0.3, 0.4) is 0 Å². The second kappa shape index (κ2) is 11.1. The number of rotatable bonds is 5. The summed E-state index contributed by atoms with van der Waals surface area (Å²) in [6.45, 7) is 4.87. The van der Waals surface area contributed by atoms with Crippen molar-refractivity contribution in [2.45, 2.75) is 50.6 Å². The molecular weight excluding hydrogens is 499 g/mol. The lowest BCUT2D eigenvalue weighted by atomic mass is 9.96. The summed E-state index contributed by atoms with van der Waals surface area (Å²) in [5, 5.41) is 0.703. The molecule has 2 aliphatic heterocycles. The highest BCUT2D eigenvalue weighted by molar-refractivity contribution is 6.30. The van der Waals surface area contributed by atoms with Gasteiger partial charge in [-0.05, 0) is 56.0 Å². The molecule has 2 aromatic rings. The molecular formula is C25H27ClF3N3O4. The maximum atomic E-state index is 12.4. The zero-order chi connectivity index (χ0) is 25.9. The Morgan fingerprint density at radius 1 is 1.17 bits per heavy atom. The van der Waals surface area contributed by atoms with Crippen molar-refractivity contribution in [3.8, 4) is 0 Å². The van der Waals surface area contributed by atoms with Crippen LogP contribution in [0.4, 0.5) is 19.0 Å². The zero-order valence-electron chi connectivity index (χ0n) is 19.7. The van der Waals surface area contributed by atoms with Gasteiger partial charge in [-0.2, -0.15) is 13.2 Å². The number of pyridine rings is 1. The summed E-state index contributed by atoms with van der Waals surface area (Å²) in [7, 11) is 0. The molecule has 0 spiro atoms. The van der Waals surface area contributed by atoms with Gasteiger partial charge in [0.25, 0.3) is 0 Å². The second-order valence-corrected chi connectivity index (χ2v) is 9.56. The quantitative estimate of drug-likeness (QED) is 0.426. The van der Waals surface area contributed by atoms with E-state index in [-0.39, 0.29) is 17.7 Å². The van der Waals surface area contributed by atoms with E-state index in [2.05, 4.69) is 21.5 Å². The fourth-order valence-corrected chi connectivity index (χ4v) is 4.86. The van der Waals surface area contributed by atoms with Crippen molar-refractivity contribution in [2.24, 2.45) is 0 Å². The molecule has 36 heavy (non-hydrogen) atoms. The number of benzene rings is 1. The molecule has 0 radical (unpaired) electrons. The summed E-state index contributed by atoms with van der Waals surface area (Å²) in [4.78, 5) is 31.8. The lowest BCUT2D eigenvalue weighted by molar-refractivity contribution is -0.193. The van der Waals surface area contributed by atoms with E-state index < -0.39 is 18.1 Å². The van der Waals surface area contributed by atoms with E-state index in [0.29, 0.717) is 36.6 Å². The number of piperidine rings is 1. The van der Waals surface area contributed by atoms with Crippen molar-refractivity contribution < 1.29 is 32.2 Å². The van der Waals surface area contributed by atoms with Gasteiger partial charge in [-0.15, -0.1) is 0 Å². The molecule has 1 aromatic heterocycles. The van der Waals surface area contributed by atoms with E-state index in [0.717, 1.165) is 25.8 Å². The van der Waals surface area contributed by atoms with Crippen LogP contribution < -0.4 is 4.90 Å². The Morgan fingerprint density at radius 2 is 1.86 bits per heavy atom. The Labute approximate surface area is 212 Å². The zero-order valence-corrected chi connectivity index (χ0v) is 20.5. The van der Waals surface area contributed by atoms with Crippen LogP contribution in [0.1, 0.15) is 35.7 Å². The summed E-state index contributed by atoms with van der Waals surface area (Å²) in [5.41, 5.74) is 1.03. The SMILES string of the molecule is C[C@H]1CN(C2CCN(c3cc(C(=O)OC(=O)C(F)(F)F)ccn3)CC2)[C@@H](Cc2ccc(Cl)cc2)CO1. The lowest BCUT2D eigenvalue weighted by Gasteiger charge is -2.46. The molecule has 11 heteroatoms. The van der Waals surface area contributed by atoms with Gasteiger partial charge in [-0.1, -0.05) is 23.7 Å². The maximum absolute atomic E-state index is 12.4. The van der Waals surface area contributed by atoms with Gasteiger partial charge >= 0.3 is 18.1 Å². The standard InChI is InChI=1S/C25H27ClF3N3O4/c1-16-14-32(21(15-35-16)12-17-2-4-19(26)5-3-17)20-7-10-31(11-8-20)22-13-18(6-9-30-22)23(33)36-24(34)25(27,28)29/h2-6,9,13,16,20-21H,7-8,10-12,14-15H2,1H3/t16-,21-/m0/s1. The average Bonchev–Trinajstić information content (AvgIpc) is 2.86. The molecule has 0 unspecified atom stereocenters. The highest BCUT2D eigenvalue weighted by atomic mass is 35.5. The van der Waals surface area contributed by atoms with E-state index in [9.17, 15) is 22.8 Å². The molecule has 1 aromatic carbocycles. The van der Waals surface area contributed by atoms with Crippen LogP contribution >= 0.6 is 11.6 Å². The Balaban J connectivity index is 1.38.